The molecule has 1 amide bonds. The third-order valence-electron chi connectivity index (χ3n) is 4.15. The molecule has 0 unspecified atom stereocenters. The van der Waals surface area contributed by atoms with Gasteiger partial charge in [-0.25, -0.2) is 9.38 Å². The molecular weight excluding hydrogens is 407 g/mol. The number of rotatable bonds is 3. The molecule has 1 aliphatic rings. The lowest BCUT2D eigenvalue weighted by atomic mass is 10.1. The van der Waals surface area contributed by atoms with E-state index in [1.54, 1.807) is 18.2 Å². The average molecular weight is 421 g/mol. The van der Waals surface area contributed by atoms with Gasteiger partial charge < -0.3 is 0 Å². The molecule has 0 saturated heterocycles. The Labute approximate surface area is 164 Å². The second kappa shape index (κ2) is 7.29. The average Bonchev–Trinajstić information content (AvgIpc) is 3.01. The van der Waals surface area contributed by atoms with Crippen molar-refractivity contribution in [2.75, 3.05) is 4.90 Å². The molecule has 3 aromatic rings. The molecule has 0 N–H and O–H groups in total. The molecule has 1 aliphatic heterocycles. The van der Waals surface area contributed by atoms with Gasteiger partial charge in [0.25, 0.3) is 5.91 Å². The van der Waals surface area contributed by atoms with E-state index in [0.29, 0.717) is 17.2 Å². The largest absolute Gasteiger partial charge is 0.282 e. The van der Waals surface area contributed by atoms with Crippen LogP contribution in [0.2, 0.25) is 0 Å². The fourth-order valence-electron chi connectivity index (χ4n) is 2.84. The Morgan fingerprint density at radius 1 is 0.889 bits per heavy atom. The summed E-state index contributed by atoms with van der Waals surface area (Å²) in [6.45, 7) is 0. The maximum atomic E-state index is 13.3. The number of benzene rings is 3. The van der Waals surface area contributed by atoms with Gasteiger partial charge >= 0.3 is 0 Å². The maximum Gasteiger partial charge on any atom is 0.282 e. The molecule has 3 nitrogen and oxygen atoms in total. The number of aliphatic imine (C=N–C) groups is 1. The van der Waals surface area contributed by atoms with Crippen LogP contribution in [0.1, 0.15) is 11.1 Å². The highest BCUT2D eigenvalue weighted by atomic mass is 79.9. The van der Waals surface area contributed by atoms with Crippen molar-refractivity contribution in [1.82, 2.24) is 0 Å². The van der Waals surface area contributed by atoms with Gasteiger partial charge in [0, 0.05) is 10.0 Å². The number of carbonyl (C=O) groups excluding carboxylic acids is 1. The van der Waals surface area contributed by atoms with Gasteiger partial charge in [-0.2, -0.15) is 0 Å². The van der Waals surface area contributed by atoms with Gasteiger partial charge in [-0.3, -0.25) is 9.69 Å². The first-order chi connectivity index (χ1) is 13.1. The fraction of sp³-hybridized carbons (Fsp3) is 0. The van der Waals surface area contributed by atoms with Gasteiger partial charge in [-0.05, 0) is 48.0 Å². The van der Waals surface area contributed by atoms with E-state index in [4.69, 9.17) is 0 Å². The molecule has 0 aliphatic carbocycles. The van der Waals surface area contributed by atoms with Gasteiger partial charge in [-0.15, -0.1) is 0 Å². The standard InChI is InChI=1S/C22H14BrFN2O/c23-17-8-6-15(7-9-17)14-20-22(27)26(19-12-10-18(24)11-13-19)21(25-20)16-4-2-1-3-5-16/h1-14H/b20-14+. The summed E-state index contributed by atoms with van der Waals surface area (Å²) in [7, 11) is 0. The van der Waals surface area contributed by atoms with E-state index in [-0.39, 0.29) is 11.7 Å². The van der Waals surface area contributed by atoms with Crippen LogP contribution in [0.25, 0.3) is 6.08 Å². The molecule has 0 fully saturated rings. The number of carbonyl (C=O) groups is 1. The van der Waals surface area contributed by atoms with Crippen molar-refractivity contribution in [2.24, 2.45) is 4.99 Å². The zero-order chi connectivity index (χ0) is 18.8. The molecule has 0 aromatic heterocycles. The van der Waals surface area contributed by atoms with E-state index in [0.717, 1.165) is 15.6 Å². The van der Waals surface area contributed by atoms with Crippen LogP contribution < -0.4 is 4.90 Å². The van der Waals surface area contributed by atoms with E-state index in [9.17, 15) is 9.18 Å². The number of amidine groups is 1. The lowest BCUT2D eigenvalue weighted by Gasteiger charge is -2.18. The van der Waals surface area contributed by atoms with Crippen LogP contribution in [0.3, 0.4) is 0 Å². The topological polar surface area (TPSA) is 32.7 Å². The molecule has 4 rings (SSSR count). The summed E-state index contributed by atoms with van der Waals surface area (Å²) in [5, 5.41) is 0. The number of nitrogens with zero attached hydrogens (tertiary/aromatic N) is 2. The fourth-order valence-corrected chi connectivity index (χ4v) is 3.11. The van der Waals surface area contributed by atoms with Crippen molar-refractivity contribution < 1.29 is 9.18 Å². The van der Waals surface area contributed by atoms with Crippen molar-refractivity contribution in [2.45, 2.75) is 0 Å². The Balaban J connectivity index is 1.80. The van der Waals surface area contributed by atoms with E-state index in [1.807, 2.05) is 54.6 Å². The number of halogens is 2. The molecule has 0 atom stereocenters. The SMILES string of the molecule is O=C1/C(=C\c2ccc(Br)cc2)N=C(c2ccccc2)N1c1ccc(F)cc1. The number of anilines is 1. The lowest BCUT2D eigenvalue weighted by molar-refractivity contribution is -0.113. The summed E-state index contributed by atoms with van der Waals surface area (Å²) < 4.78 is 14.3. The number of hydrogen-bond donors (Lipinski definition) is 0. The molecule has 1 heterocycles. The third kappa shape index (κ3) is 3.59. The van der Waals surface area contributed by atoms with Crippen molar-refractivity contribution in [1.29, 1.82) is 0 Å². The third-order valence-corrected chi connectivity index (χ3v) is 4.68. The number of hydrogen-bond acceptors (Lipinski definition) is 2. The smallest absolute Gasteiger partial charge is 0.266 e. The summed E-state index contributed by atoms with van der Waals surface area (Å²) in [6.07, 6.45) is 1.75. The van der Waals surface area contributed by atoms with Crippen LogP contribution in [0.15, 0.2) is 94.0 Å². The summed E-state index contributed by atoms with van der Waals surface area (Å²) in [5.41, 5.74) is 2.59. The minimum atomic E-state index is -0.353. The summed E-state index contributed by atoms with van der Waals surface area (Å²) >= 11 is 3.40. The van der Waals surface area contributed by atoms with Crippen molar-refractivity contribution >= 4 is 39.4 Å². The van der Waals surface area contributed by atoms with Gasteiger partial charge in [0.15, 0.2) is 0 Å². The molecular formula is C22H14BrFN2O. The Morgan fingerprint density at radius 2 is 1.56 bits per heavy atom. The summed E-state index contributed by atoms with van der Waals surface area (Å²) in [5.74, 6) is -0.0758. The van der Waals surface area contributed by atoms with Crippen molar-refractivity contribution in [3.8, 4) is 0 Å². The molecule has 132 valence electrons. The molecule has 3 aromatic carbocycles. The van der Waals surface area contributed by atoms with Crippen LogP contribution in [0.5, 0.6) is 0 Å². The van der Waals surface area contributed by atoms with Crippen LogP contribution in [0.4, 0.5) is 10.1 Å². The van der Waals surface area contributed by atoms with Gasteiger partial charge in [0.05, 0.1) is 5.69 Å². The van der Waals surface area contributed by atoms with Gasteiger partial charge in [0.2, 0.25) is 0 Å². The van der Waals surface area contributed by atoms with Crippen molar-refractivity contribution in [3.63, 3.8) is 0 Å². The van der Waals surface area contributed by atoms with Crippen LogP contribution in [-0.4, -0.2) is 11.7 Å². The summed E-state index contributed by atoms with van der Waals surface area (Å²) in [6, 6.07) is 22.9. The highest BCUT2D eigenvalue weighted by molar-refractivity contribution is 9.10. The zero-order valence-electron chi connectivity index (χ0n) is 14.1. The molecule has 27 heavy (non-hydrogen) atoms. The van der Waals surface area contributed by atoms with Crippen LogP contribution in [0, 0.1) is 5.82 Å². The first kappa shape index (κ1) is 17.4. The highest BCUT2D eigenvalue weighted by Crippen LogP contribution is 2.28. The van der Waals surface area contributed by atoms with E-state index in [1.165, 1.54) is 17.0 Å². The number of amides is 1. The monoisotopic (exact) mass is 420 g/mol. The predicted molar refractivity (Wildman–Crippen MR) is 109 cm³/mol. The second-order valence-electron chi connectivity index (χ2n) is 6.00. The molecule has 0 bridgehead atoms. The minimum Gasteiger partial charge on any atom is -0.266 e. The van der Waals surface area contributed by atoms with Crippen molar-refractivity contribution in [3.05, 3.63) is 106 Å². The quantitative estimate of drug-likeness (QED) is 0.520. The first-order valence-corrected chi connectivity index (χ1v) is 9.12. The van der Waals surface area contributed by atoms with Gasteiger partial charge in [-0.1, -0.05) is 58.4 Å². The Hall–Kier alpha value is -3.05. The summed E-state index contributed by atoms with van der Waals surface area (Å²) in [4.78, 5) is 19.2. The molecule has 5 heteroatoms. The van der Waals surface area contributed by atoms with Crippen LogP contribution in [-0.2, 0) is 4.79 Å². The Kier molecular flexibility index (Phi) is 4.69. The lowest BCUT2D eigenvalue weighted by Crippen LogP contribution is -2.32. The zero-order valence-corrected chi connectivity index (χ0v) is 15.7. The molecule has 0 saturated carbocycles. The Morgan fingerprint density at radius 3 is 2.22 bits per heavy atom. The van der Waals surface area contributed by atoms with Gasteiger partial charge in [0.1, 0.15) is 17.3 Å². The predicted octanol–water partition coefficient (Wildman–Crippen LogP) is 5.42. The molecule has 0 radical (unpaired) electrons. The van der Waals surface area contributed by atoms with E-state index in [2.05, 4.69) is 20.9 Å². The molecule has 0 spiro atoms. The highest BCUT2D eigenvalue weighted by Gasteiger charge is 2.32. The Bertz CT molecular complexity index is 1040. The second-order valence-corrected chi connectivity index (χ2v) is 6.92. The minimum absolute atomic E-state index is 0.247. The normalized spacial score (nSPS) is 15.3. The van der Waals surface area contributed by atoms with E-state index < -0.39 is 0 Å². The maximum absolute atomic E-state index is 13.3. The first-order valence-electron chi connectivity index (χ1n) is 8.33. The van der Waals surface area contributed by atoms with Crippen LogP contribution >= 0.6 is 15.9 Å². The van der Waals surface area contributed by atoms with E-state index >= 15 is 0 Å².